The smallest absolute Gasteiger partial charge is 0.0879 e. The van der Waals surface area contributed by atoms with E-state index >= 15 is 0 Å². The molecule has 0 aliphatic carbocycles. The Balaban J connectivity index is 2.01. The van der Waals surface area contributed by atoms with Gasteiger partial charge in [0, 0.05) is 25.2 Å². The highest BCUT2D eigenvalue weighted by atomic mass is 16.6. The van der Waals surface area contributed by atoms with Crippen LogP contribution in [0, 0.1) is 5.41 Å². The molecule has 0 radical (unpaired) electrons. The molecule has 1 unspecified atom stereocenters. The molecule has 0 saturated carbocycles. The van der Waals surface area contributed by atoms with Crippen LogP contribution in [0.15, 0.2) is 0 Å². The predicted octanol–water partition coefficient (Wildman–Crippen LogP) is 0.141. The summed E-state index contributed by atoms with van der Waals surface area (Å²) >= 11 is 0. The highest BCUT2D eigenvalue weighted by Crippen LogP contribution is 2.40. The summed E-state index contributed by atoms with van der Waals surface area (Å²) in [5, 5.41) is 0. The van der Waals surface area contributed by atoms with E-state index in [-0.39, 0.29) is 5.41 Å². The van der Waals surface area contributed by atoms with Gasteiger partial charge >= 0.3 is 0 Å². The molecular weight excluding hydrogens is 142 g/mol. The van der Waals surface area contributed by atoms with Gasteiger partial charge in [-0.1, -0.05) is 0 Å². The normalized spacial score (nSPS) is 35.2. The molecule has 64 valence electrons. The number of rotatable bonds is 2. The molecule has 0 aromatic carbocycles. The summed E-state index contributed by atoms with van der Waals surface area (Å²) in [5.74, 6) is 0. The Morgan fingerprint density at radius 1 is 1.36 bits per heavy atom. The second kappa shape index (κ2) is 2.73. The van der Waals surface area contributed by atoms with Gasteiger partial charge in [-0.15, -0.1) is 0 Å². The molecule has 3 nitrogen and oxygen atoms in total. The Labute approximate surface area is 66.8 Å². The zero-order valence-corrected chi connectivity index (χ0v) is 6.71. The van der Waals surface area contributed by atoms with Crippen LogP contribution < -0.4 is 5.73 Å². The van der Waals surface area contributed by atoms with E-state index in [1.54, 1.807) is 0 Å². The lowest BCUT2D eigenvalue weighted by Crippen LogP contribution is -2.41. The summed E-state index contributed by atoms with van der Waals surface area (Å²) in [6, 6.07) is 0. The molecule has 2 rings (SSSR count). The van der Waals surface area contributed by atoms with Crippen LogP contribution in [0.2, 0.25) is 0 Å². The average Bonchev–Trinajstić information content (AvgIpc) is 2.88. The first-order valence-corrected chi connectivity index (χ1v) is 4.27. The van der Waals surface area contributed by atoms with Crippen LogP contribution in [0.3, 0.4) is 0 Å². The van der Waals surface area contributed by atoms with E-state index in [1.807, 2.05) is 0 Å². The molecule has 0 aromatic heterocycles. The maximum absolute atomic E-state index is 5.74. The number of hydrogen-bond acceptors (Lipinski definition) is 3. The van der Waals surface area contributed by atoms with Crippen LogP contribution in [-0.2, 0) is 9.47 Å². The van der Waals surface area contributed by atoms with E-state index in [0.29, 0.717) is 6.10 Å². The zero-order chi connectivity index (χ0) is 7.73. The maximum atomic E-state index is 5.74. The zero-order valence-electron chi connectivity index (χ0n) is 6.71. The molecule has 2 saturated heterocycles. The van der Waals surface area contributed by atoms with Gasteiger partial charge in [-0.25, -0.2) is 0 Å². The highest BCUT2D eigenvalue weighted by molar-refractivity contribution is 4.95. The molecule has 0 amide bonds. The van der Waals surface area contributed by atoms with Crippen molar-refractivity contribution >= 4 is 0 Å². The van der Waals surface area contributed by atoms with Gasteiger partial charge in [0.05, 0.1) is 12.7 Å². The lowest BCUT2D eigenvalue weighted by Gasteiger charge is -2.34. The summed E-state index contributed by atoms with van der Waals surface area (Å²) in [6.45, 7) is 3.38. The number of hydrogen-bond donors (Lipinski definition) is 1. The van der Waals surface area contributed by atoms with Gasteiger partial charge in [0.25, 0.3) is 0 Å². The quantitative estimate of drug-likeness (QED) is 0.580. The maximum Gasteiger partial charge on any atom is 0.0879 e. The van der Waals surface area contributed by atoms with Crippen molar-refractivity contribution < 1.29 is 9.47 Å². The van der Waals surface area contributed by atoms with Crippen LogP contribution in [0.25, 0.3) is 0 Å². The van der Waals surface area contributed by atoms with Gasteiger partial charge in [-0.05, 0) is 12.8 Å². The molecule has 2 aliphatic rings. The predicted molar refractivity (Wildman–Crippen MR) is 41.3 cm³/mol. The van der Waals surface area contributed by atoms with E-state index in [9.17, 15) is 0 Å². The second-order valence-corrected chi connectivity index (χ2v) is 3.50. The van der Waals surface area contributed by atoms with Crippen molar-refractivity contribution in [3.63, 3.8) is 0 Å². The third-order valence-electron chi connectivity index (χ3n) is 2.91. The number of nitrogens with two attached hydrogens (primary N) is 1. The van der Waals surface area contributed by atoms with Gasteiger partial charge < -0.3 is 15.2 Å². The number of epoxide rings is 1. The molecular formula is C8H15NO2. The van der Waals surface area contributed by atoms with E-state index < -0.39 is 0 Å². The topological polar surface area (TPSA) is 47.8 Å². The molecule has 0 bridgehead atoms. The van der Waals surface area contributed by atoms with Crippen molar-refractivity contribution in [2.75, 3.05) is 26.4 Å². The molecule has 3 heteroatoms. The minimum Gasteiger partial charge on any atom is -0.381 e. The van der Waals surface area contributed by atoms with E-state index in [2.05, 4.69) is 0 Å². The Bertz CT molecular complexity index is 139. The summed E-state index contributed by atoms with van der Waals surface area (Å²) in [5.41, 5.74) is 6.01. The summed E-state index contributed by atoms with van der Waals surface area (Å²) < 4.78 is 10.6. The SMILES string of the molecule is NCC1(C2CO2)CCOCC1. The van der Waals surface area contributed by atoms with E-state index in [0.717, 1.165) is 39.2 Å². The van der Waals surface area contributed by atoms with Crippen LogP contribution in [0.5, 0.6) is 0 Å². The van der Waals surface area contributed by atoms with Gasteiger partial charge in [-0.2, -0.15) is 0 Å². The Morgan fingerprint density at radius 2 is 2.00 bits per heavy atom. The minimum absolute atomic E-state index is 0.262. The first-order chi connectivity index (χ1) is 5.37. The summed E-state index contributed by atoms with van der Waals surface area (Å²) in [6.07, 6.45) is 2.60. The molecule has 0 aromatic rings. The summed E-state index contributed by atoms with van der Waals surface area (Å²) in [7, 11) is 0. The Kier molecular flexibility index (Phi) is 1.87. The molecule has 0 spiro atoms. The lowest BCUT2D eigenvalue weighted by molar-refractivity contribution is 0.00458. The van der Waals surface area contributed by atoms with Crippen molar-refractivity contribution in [2.45, 2.75) is 18.9 Å². The third kappa shape index (κ3) is 1.28. The van der Waals surface area contributed by atoms with Gasteiger partial charge in [0.1, 0.15) is 0 Å². The first-order valence-electron chi connectivity index (χ1n) is 4.27. The van der Waals surface area contributed by atoms with Gasteiger partial charge in [0.15, 0.2) is 0 Å². The molecule has 2 heterocycles. The third-order valence-corrected chi connectivity index (χ3v) is 2.91. The van der Waals surface area contributed by atoms with Crippen LogP contribution in [0.4, 0.5) is 0 Å². The van der Waals surface area contributed by atoms with Gasteiger partial charge in [0.2, 0.25) is 0 Å². The standard InChI is InChI=1S/C8H15NO2/c9-6-8(7-5-11-7)1-3-10-4-2-8/h7H,1-6,9H2. The lowest BCUT2D eigenvalue weighted by atomic mass is 9.77. The average molecular weight is 157 g/mol. The summed E-state index contributed by atoms with van der Waals surface area (Å²) in [4.78, 5) is 0. The molecule has 11 heavy (non-hydrogen) atoms. The molecule has 2 aliphatic heterocycles. The second-order valence-electron chi connectivity index (χ2n) is 3.50. The van der Waals surface area contributed by atoms with Gasteiger partial charge in [-0.3, -0.25) is 0 Å². The van der Waals surface area contributed by atoms with Crippen LogP contribution in [-0.4, -0.2) is 32.5 Å². The Morgan fingerprint density at radius 3 is 2.45 bits per heavy atom. The van der Waals surface area contributed by atoms with Crippen molar-refractivity contribution in [1.29, 1.82) is 0 Å². The molecule has 2 fully saturated rings. The molecule has 2 N–H and O–H groups in total. The highest BCUT2D eigenvalue weighted by Gasteiger charge is 2.46. The first kappa shape index (κ1) is 7.53. The van der Waals surface area contributed by atoms with Crippen molar-refractivity contribution in [3.05, 3.63) is 0 Å². The van der Waals surface area contributed by atoms with Crippen LogP contribution >= 0.6 is 0 Å². The fraction of sp³-hybridized carbons (Fsp3) is 1.00. The van der Waals surface area contributed by atoms with Crippen molar-refractivity contribution in [1.82, 2.24) is 0 Å². The van der Waals surface area contributed by atoms with E-state index in [1.165, 1.54) is 0 Å². The number of ether oxygens (including phenoxy) is 2. The molecule has 1 atom stereocenters. The fourth-order valence-corrected chi connectivity index (χ4v) is 1.84. The Hall–Kier alpha value is -0.120. The van der Waals surface area contributed by atoms with Crippen molar-refractivity contribution in [3.8, 4) is 0 Å². The largest absolute Gasteiger partial charge is 0.381 e. The van der Waals surface area contributed by atoms with Crippen molar-refractivity contribution in [2.24, 2.45) is 11.1 Å². The minimum atomic E-state index is 0.262. The van der Waals surface area contributed by atoms with E-state index in [4.69, 9.17) is 15.2 Å². The monoisotopic (exact) mass is 157 g/mol. The van der Waals surface area contributed by atoms with Crippen LogP contribution in [0.1, 0.15) is 12.8 Å². The fourth-order valence-electron chi connectivity index (χ4n) is 1.84.